The molecule has 0 unspecified atom stereocenters. The molecular weight excluding hydrogens is 765 g/mol. The number of fused-ring (bicyclic) bond motifs is 4. The molecule has 1 aromatic heterocycles. The van der Waals surface area contributed by atoms with Crippen LogP contribution in [0, 0.1) is 0 Å². The molecule has 0 atom stereocenters. The van der Waals surface area contributed by atoms with Crippen LogP contribution in [0.15, 0.2) is 249 Å². The summed E-state index contributed by atoms with van der Waals surface area (Å²) in [6.45, 7) is 0. The lowest BCUT2D eigenvalue weighted by Gasteiger charge is -2.29. The Labute approximate surface area is 368 Å². The molecule has 0 spiro atoms. The molecule has 4 heteroatoms. The van der Waals surface area contributed by atoms with E-state index in [-0.39, 0.29) is 0 Å². The van der Waals surface area contributed by atoms with Crippen molar-refractivity contribution in [1.82, 2.24) is 4.57 Å². The van der Waals surface area contributed by atoms with Gasteiger partial charge in [0.2, 0.25) is 0 Å². The summed E-state index contributed by atoms with van der Waals surface area (Å²) >= 11 is 0. The molecule has 11 rings (SSSR count). The van der Waals surface area contributed by atoms with Crippen molar-refractivity contribution in [1.29, 1.82) is 0 Å². The number of hydrogen-bond donors (Lipinski definition) is 0. The van der Waals surface area contributed by atoms with E-state index in [1.807, 2.05) is 0 Å². The Morgan fingerprint density at radius 1 is 0.317 bits per heavy atom. The number of hydrogen-bond acceptors (Lipinski definition) is 3. The molecule has 0 aliphatic heterocycles. The van der Waals surface area contributed by atoms with Crippen molar-refractivity contribution >= 4 is 78.1 Å². The number of aromatic nitrogens is 1. The standard InChI is InChI=1S/C59H44N4/c1-60(46-21-9-3-10-22-46)57-37-35-52(41-55(57)43-19-7-2-8-20-43)61(47-23-11-4-12-24-47)50-33-31-45-40-51(34-32-44(45)39-50)62(48-25-13-5-14-26-48)53-36-38-59-56(42-53)54-29-17-18-30-58(54)63(59)49-27-15-6-16-28-49/h2-42H,1H3. The number of nitrogens with zero attached hydrogens (tertiary/aromatic N) is 4. The normalized spacial score (nSPS) is 11.3. The highest BCUT2D eigenvalue weighted by molar-refractivity contribution is 6.11. The van der Waals surface area contributed by atoms with Crippen LogP contribution >= 0.6 is 0 Å². The van der Waals surface area contributed by atoms with Crippen LogP contribution in [-0.4, -0.2) is 11.6 Å². The fraction of sp³-hybridized carbons (Fsp3) is 0.0169. The average molecular weight is 809 g/mol. The molecule has 4 nitrogen and oxygen atoms in total. The molecule has 10 aromatic carbocycles. The van der Waals surface area contributed by atoms with Gasteiger partial charge >= 0.3 is 0 Å². The van der Waals surface area contributed by atoms with Crippen LogP contribution in [0.1, 0.15) is 0 Å². The molecule has 300 valence electrons. The van der Waals surface area contributed by atoms with Crippen molar-refractivity contribution < 1.29 is 0 Å². The molecule has 0 saturated carbocycles. The second-order valence-electron chi connectivity index (χ2n) is 15.9. The summed E-state index contributed by atoms with van der Waals surface area (Å²) in [6, 6.07) is 89.3. The third-order valence-corrected chi connectivity index (χ3v) is 12.1. The summed E-state index contributed by atoms with van der Waals surface area (Å²) in [5, 5.41) is 4.77. The van der Waals surface area contributed by atoms with Crippen molar-refractivity contribution in [2.24, 2.45) is 0 Å². The Bertz CT molecular complexity index is 3350. The predicted octanol–water partition coefficient (Wildman–Crippen LogP) is 16.3. The average Bonchev–Trinajstić information content (AvgIpc) is 3.69. The van der Waals surface area contributed by atoms with Gasteiger partial charge in [0, 0.05) is 74.6 Å². The van der Waals surface area contributed by atoms with Crippen LogP contribution in [-0.2, 0) is 0 Å². The molecule has 63 heavy (non-hydrogen) atoms. The number of benzene rings is 10. The van der Waals surface area contributed by atoms with Gasteiger partial charge in [-0.3, -0.25) is 0 Å². The Balaban J connectivity index is 1.02. The van der Waals surface area contributed by atoms with Crippen molar-refractivity contribution in [3.63, 3.8) is 0 Å². The zero-order chi connectivity index (χ0) is 42.1. The van der Waals surface area contributed by atoms with Crippen LogP contribution in [0.2, 0.25) is 0 Å². The Kier molecular flexibility index (Phi) is 9.72. The first-order valence-electron chi connectivity index (χ1n) is 21.5. The third kappa shape index (κ3) is 7.04. The van der Waals surface area contributed by atoms with Gasteiger partial charge in [-0.2, -0.15) is 0 Å². The maximum absolute atomic E-state index is 2.37. The van der Waals surface area contributed by atoms with Crippen molar-refractivity contribution in [3.8, 4) is 16.8 Å². The van der Waals surface area contributed by atoms with Crippen LogP contribution in [0.4, 0.5) is 45.5 Å². The Morgan fingerprint density at radius 2 is 0.762 bits per heavy atom. The smallest absolute Gasteiger partial charge is 0.0542 e. The van der Waals surface area contributed by atoms with Crippen LogP contribution in [0.25, 0.3) is 49.4 Å². The second kappa shape index (κ2) is 16.3. The van der Waals surface area contributed by atoms with E-state index in [1.165, 1.54) is 27.4 Å². The Hall–Kier alpha value is -8.34. The van der Waals surface area contributed by atoms with Gasteiger partial charge in [0.25, 0.3) is 0 Å². The first-order valence-corrected chi connectivity index (χ1v) is 21.5. The highest BCUT2D eigenvalue weighted by Crippen LogP contribution is 2.44. The predicted molar refractivity (Wildman–Crippen MR) is 268 cm³/mol. The Morgan fingerprint density at radius 3 is 1.37 bits per heavy atom. The van der Waals surface area contributed by atoms with E-state index < -0.39 is 0 Å². The molecular formula is C59H44N4. The molecule has 1 heterocycles. The van der Waals surface area contributed by atoms with E-state index in [4.69, 9.17) is 0 Å². The van der Waals surface area contributed by atoms with E-state index in [9.17, 15) is 0 Å². The zero-order valence-electron chi connectivity index (χ0n) is 35.0. The van der Waals surface area contributed by atoms with Gasteiger partial charge in [-0.15, -0.1) is 0 Å². The summed E-state index contributed by atoms with van der Waals surface area (Å²) in [6.07, 6.45) is 0. The van der Waals surface area contributed by atoms with Crippen LogP contribution in [0.5, 0.6) is 0 Å². The van der Waals surface area contributed by atoms with Gasteiger partial charge in [0.05, 0.1) is 11.0 Å². The maximum Gasteiger partial charge on any atom is 0.0542 e. The lowest BCUT2D eigenvalue weighted by molar-refractivity contribution is 1.18. The lowest BCUT2D eigenvalue weighted by Crippen LogP contribution is -2.13. The van der Waals surface area contributed by atoms with Gasteiger partial charge in [-0.05, 0) is 132 Å². The minimum Gasteiger partial charge on any atom is -0.344 e. The van der Waals surface area contributed by atoms with Gasteiger partial charge in [-0.25, -0.2) is 0 Å². The molecule has 0 radical (unpaired) electrons. The molecule has 0 N–H and O–H groups in total. The number of anilines is 8. The molecule has 0 aliphatic carbocycles. The highest BCUT2D eigenvalue weighted by atomic mass is 15.2. The van der Waals surface area contributed by atoms with Crippen LogP contribution < -0.4 is 14.7 Å². The van der Waals surface area contributed by atoms with Gasteiger partial charge < -0.3 is 19.3 Å². The monoisotopic (exact) mass is 808 g/mol. The van der Waals surface area contributed by atoms with E-state index in [0.717, 1.165) is 67.5 Å². The zero-order valence-corrected chi connectivity index (χ0v) is 35.0. The summed E-state index contributed by atoms with van der Waals surface area (Å²) in [5.41, 5.74) is 14.7. The molecule has 11 aromatic rings. The second-order valence-corrected chi connectivity index (χ2v) is 15.9. The summed E-state index contributed by atoms with van der Waals surface area (Å²) in [4.78, 5) is 7.01. The molecule has 0 saturated heterocycles. The summed E-state index contributed by atoms with van der Waals surface area (Å²) in [5.74, 6) is 0. The van der Waals surface area contributed by atoms with Gasteiger partial charge in [-0.1, -0.05) is 133 Å². The quantitative estimate of drug-likeness (QED) is 0.137. The van der Waals surface area contributed by atoms with E-state index in [1.54, 1.807) is 0 Å². The van der Waals surface area contributed by atoms with E-state index in [2.05, 4.69) is 275 Å². The lowest BCUT2D eigenvalue weighted by atomic mass is 10.0. The van der Waals surface area contributed by atoms with Crippen molar-refractivity contribution in [3.05, 3.63) is 249 Å². The van der Waals surface area contributed by atoms with Gasteiger partial charge in [0.1, 0.15) is 0 Å². The first-order chi connectivity index (χ1) is 31.2. The van der Waals surface area contributed by atoms with Crippen LogP contribution in [0.3, 0.4) is 0 Å². The van der Waals surface area contributed by atoms with E-state index in [0.29, 0.717) is 0 Å². The minimum absolute atomic E-state index is 1.08. The van der Waals surface area contributed by atoms with Crippen molar-refractivity contribution in [2.75, 3.05) is 21.7 Å². The molecule has 0 aliphatic rings. The number of para-hydroxylation sites is 5. The minimum atomic E-state index is 1.08. The third-order valence-electron chi connectivity index (χ3n) is 12.1. The van der Waals surface area contributed by atoms with Gasteiger partial charge in [0.15, 0.2) is 0 Å². The maximum atomic E-state index is 2.37. The summed E-state index contributed by atoms with van der Waals surface area (Å²) in [7, 11) is 2.14. The number of rotatable bonds is 10. The molecule has 0 amide bonds. The SMILES string of the molecule is CN(c1ccccc1)c1ccc(N(c2ccccc2)c2ccc3cc(N(c4ccccc4)c4ccc5c(c4)c4ccccc4n5-c4ccccc4)ccc3c2)cc1-c1ccccc1. The largest absolute Gasteiger partial charge is 0.344 e. The fourth-order valence-electron chi connectivity index (χ4n) is 9.10. The molecule has 0 fully saturated rings. The van der Waals surface area contributed by atoms with E-state index >= 15 is 0 Å². The highest BCUT2D eigenvalue weighted by Gasteiger charge is 2.20. The fourth-order valence-corrected chi connectivity index (χ4v) is 9.10. The topological polar surface area (TPSA) is 14.7 Å². The van der Waals surface area contributed by atoms with Crippen molar-refractivity contribution in [2.45, 2.75) is 0 Å². The molecule has 0 bridgehead atoms. The first kappa shape index (κ1) is 37.6. The summed E-state index contributed by atoms with van der Waals surface area (Å²) < 4.78 is 2.37.